The SMILES string of the molecule is Cc1cccc(C[NH+]2CC[NH+](CC(=O)Nc3ccccc3S(C)(=O)=O)CC2)c1. The first-order valence-electron chi connectivity index (χ1n) is 9.63. The summed E-state index contributed by atoms with van der Waals surface area (Å²) in [6, 6.07) is 15.2. The summed E-state index contributed by atoms with van der Waals surface area (Å²) in [7, 11) is -3.38. The summed E-state index contributed by atoms with van der Waals surface area (Å²) in [5.41, 5.74) is 3.00. The van der Waals surface area contributed by atoms with Gasteiger partial charge in [-0.25, -0.2) is 8.42 Å². The predicted octanol–water partition coefficient (Wildman–Crippen LogP) is -0.679. The van der Waals surface area contributed by atoms with Crippen LogP contribution in [0.5, 0.6) is 0 Å². The van der Waals surface area contributed by atoms with E-state index in [1.807, 2.05) is 0 Å². The number of carbonyl (C=O) groups excluding carboxylic acids is 1. The van der Waals surface area contributed by atoms with Crippen molar-refractivity contribution in [2.75, 3.05) is 44.3 Å². The van der Waals surface area contributed by atoms with E-state index in [0.29, 0.717) is 12.2 Å². The highest BCUT2D eigenvalue weighted by molar-refractivity contribution is 7.90. The highest BCUT2D eigenvalue weighted by atomic mass is 32.2. The summed E-state index contributed by atoms with van der Waals surface area (Å²) in [6.07, 6.45) is 1.15. The standard InChI is InChI=1S/C21H27N3O3S/c1-17-6-5-7-18(14-17)15-23-10-12-24(13-11-23)16-21(25)22-19-8-3-4-9-20(19)28(2,26)27/h3-9,14H,10-13,15-16H2,1-2H3,(H,22,25)/p+2. The number of nitrogens with one attached hydrogen (secondary N) is 3. The zero-order valence-corrected chi connectivity index (χ0v) is 17.3. The molecule has 0 spiro atoms. The Hall–Kier alpha value is -2.22. The van der Waals surface area contributed by atoms with Crippen LogP contribution in [0.3, 0.4) is 0 Å². The van der Waals surface area contributed by atoms with Gasteiger partial charge in [-0.05, 0) is 19.1 Å². The number of carbonyl (C=O) groups is 1. The minimum atomic E-state index is -3.38. The van der Waals surface area contributed by atoms with Gasteiger partial charge in [-0.1, -0.05) is 42.0 Å². The lowest BCUT2D eigenvalue weighted by molar-refractivity contribution is -1.02. The molecule has 150 valence electrons. The summed E-state index contributed by atoms with van der Waals surface area (Å²) < 4.78 is 23.7. The molecule has 28 heavy (non-hydrogen) atoms. The van der Waals surface area contributed by atoms with E-state index >= 15 is 0 Å². The average molecular weight is 404 g/mol. The fourth-order valence-corrected chi connectivity index (χ4v) is 4.58. The first-order valence-corrected chi connectivity index (χ1v) is 11.5. The maximum atomic E-state index is 12.4. The number of piperazine rings is 1. The smallest absolute Gasteiger partial charge is 0.279 e. The normalized spacial score (nSPS) is 19.9. The van der Waals surface area contributed by atoms with Gasteiger partial charge in [0.05, 0.1) is 10.6 Å². The van der Waals surface area contributed by atoms with Crippen molar-refractivity contribution >= 4 is 21.4 Å². The van der Waals surface area contributed by atoms with Gasteiger partial charge in [0.1, 0.15) is 32.7 Å². The summed E-state index contributed by atoms with van der Waals surface area (Å²) in [5.74, 6) is -0.145. The number of sulfone groups is 1. The fraction of sp³-hybridized carbons (Fsp3) is 0.381. The fourth-order valence-electron chi connectivity index (χ4n) is 3.74. The first-order chi connectivity index (χ1) is 13.3. The zero-order chi connectivity index (χ0) is 20.1. The van der Waals surface area contributed by atoms with Gasteiger partial charge in [-0.2, -0.15) is 0 Å². The lowest BCUT2D eigenvalue weighted by atomic mass is 10.1. The maximum Gasteiger partial charge on any atom is 0.279 e. The highest BCUT2D eigenvalue weighted by Gasteiger charge is 2.25. The van der Waals surface area contributed by atoms with Crippen LogP contribution in [-0.2, 0) is 21.2 Å². The Morgan fingerprint density at radius 2 is 1.68 bits per heavy atom. The van der Waals surface area contributed by atoms with E-state index in [9.17, 15) is 13.2 Å². The quantitative estimate of drug-likeness (QED) is 0.599. The minimum Gasteiger partial charge on any atom is -0.322 e. The molecule has 0 saturated carbocycles. The van der Waals surface area contributed by atoms with Gasteiger partial charge in [0.15, 0.2) is 16.4 Å². The van der Waals surface area contributed by atoms with Gasteiger partial charge < -0.3 is 15.1 Å². The van der Waals surface area contributed by atoms with E-state index in [-0.39, 0.29) is 10.8 Å². The van der Waals surface area contributed by atoms with Gasteiger partial charge in [0, 0.05) is 11.8 Å². The molecule has 3 rings (SSSR count). The number of para-hydroxylation sites is 1. The Bertz CT molecular complexity index is 935. The van der Waals surface area contributed by atoms with Gasteiger partial charge >= 0.3 is 0 Å². The predicted molar refractivity (Wildman–Crippen MR) is 109 cm³/mol. The summed E-state index contributed by atoms with van der Waals surface area (Å²) in [4.78, 5) is 15.4. The lowest BCUT2D eigenvalue weighted by Gasteiger charge is -2.29. The third-order valence-corrected chi connectivity index (χ3v) is 6.33. The molecule has 1 heterocycles. The van der Waals surface area contributed by atoms with Crippen LogP contribution in [0.1, 0.15) is 11.1 Å². The van der Waals surface area contributed by atoms with Crippen molar-refractivity contribution in [1.29, 1.82) is 0 Å². The number of rotatable bonds is 6. The molecular weight excluding hydrogens is 374 g/mol. The summed E-state index contributed by atoms with van der Waals surface area (Å²) in [5, 5.41) is 2.78. The summed E-state index contributed by atoms with van der Waals surface area (Å²) >= 11 is 0. The molecule has 1 fully saturated rings. The van der Waals surface area contributed by atoms with Crippen LogP contribution in [0, 0.1) is 6.92 Å². The number of aryl methyl sites for hydroxylation is 1. The molecule has 0 aromatic heterocycles. The van der Waals surface area contributed by atoms with Crippen molar-refractivity contribution in [1.82, 2.24) is 0 Å². The second-order valence-corrected chi connectivity index (χ2v) is 9.64. The first kappa shape index (κ1) is 20.5. The molecule has 1 aliphatic rings. The van der Waals surface area contributed by atoms with Gasteiger partial charge in [-0.3, -0.25) is 4.79 Å². The molecule has 0 aliphatic carbocycles. The zero-order valence-electron chi connectivity index (χ0n) is 16.5. The van der Waals surface area contributed by atoms with Crippen LogP contribution >= 0.6 is 0 Å². The molecule has 7 heteroatoms. The van der Waals surface area contributed by atoms with E-state index < -0.39 is 9.84 Å². The number of quaternary nitrogens is 2. The topological polar surface area (TPSA) is 72.1 Å². The molecule has 1 aliphatic heterocycles. The number of hydrogen-bond acceptors (Lipinski definition) is 3. The number of hydrogen-bond donors (Lipinski definition) is 3. The van der Waals surface area contributed by atoms with Crippen molar-refractivity contribution in [3.8, 4) is 0 Å². The van der Waals surface area contributed by atoms with Gasteiger partial charge in [0.2, 0.25) is 0 Å². The van der Waals surface area contributed by atoms with Crippen LogP contribution in [0.25, 0.3) is 0 Å². The van der Waals surface area contributed by atoms with Crippen molar-refractivity contribution < 1.29 is 23.0 Å². The second-order valence-electron chi connectivity index (χ2n) is 7.66. The van der Waals surface area contributed by atoms with Gasteiger partial charge in [-0.15, -0.1) is 0 Å². The third-order valence-electron chi connectivity index (χ3n) is 5.17. The molecule has 6 nitrogen and oxygen atoms in total. The van der Waals surface area contributed by atoms with Crippen LogP contribution < -0.4 is 15.1 Å². The van der Waals surface area contributed by atoms with E-state index in [2.05, 4.69) is 36.5 Å². The van der Waals surface area contributed by atoms with Crippen LogP contribution in [-0.4, -0.2) is 53.3 Å². The van der Waals surface area contributed by atoms with Crippen LogP contribution in [0.15, 0.2) is 53.4 Å². The van der Waals surface area contributed by atoms with Crippen molar-refractivity contribution in [3.63, 3.8) is 0 Å². The molecule has 0 unspecified atom stereocenters. The molecule has 0 bridgehead atoms. The molecule has 2 aromatic rings. The molecule has 3 N–H and O–H groups in total. The van der Waals surface area contributed by atoms with E-state index in [1.54, 1.807) is 18.2 Å². The van der Waals surface area contributed by atoms with Crippen molar-refractivity contribution in [2.24, 2.45) is 0 Å². The Morgan fingerprint density at radius 3 is 2.36 bits per heavy atom. The summed E-state index contributed by atoms with van der Waals surface area (Å²) in [6.45, 7) is 7.40. The number of benzene rings is 2. The Labute approximate surface area is 167 Å². The minimum absolute atomic E-state index is 0.145. The number of anilines is 1. The molecule has 1 saturated heterocycles. The van der Waals surface area contributed by atoms with Gasteiger partial charge in [0.25, 0.3) is 5.91 Å². The Morgan fingerprint density at radius 1 is 1.00 bits per heavy atom. The molecule has 0 atom stereocenters. The van der Waals surface area contributed by atoms with Crippen molar-refractivity contribution in [2.45, 2.75) is 18.4 Å². The number of amides is 1. The Kier molecular flexibility index (Phi) is 6.49. The van der Waals surface area contributed by atoms with Crippen LogP contribution in [0.4, 0.5) is 5.69 Å². The Balaban J connectivity index is 1.51. The lowest BCUT2D eigenvalue weighted by Crippen LogP contribution is -3.28. The molecule has 0 radical (unpaired) electrons. The van der Waals surface area contributed by atoms with E-state index in [0.717, 1.165) is 39.0 Å². The average Bonchev–Trinajstić information content (AvgIpc) is 2.63. The largest absolute Gasteiger partial charge is 0.322 e. The monoisotopic (exact) mass is 403 g/mol. The third kappa shape index (κ3) is 5.64. The maximum absolute atomic E-state index is 12.4. The van der Waals surface area contributed by atoms with E-state index in [1.165, 1.54) is 27.0 Å². The highest BCUT2D eigenvalue weighted by Crippen LogP contribution is 2.20. The van der Waals surface area contributed by atoms with Crippen LogP contribution in [0.2, 0.25) is 0 Å². The molecule has 2 aromatic carbocycles. The van der Waals surface area contributed by atoms with E-state index in [4.69, 9.17) is 0 Å². The molecular formula is C21H29N3O3S+2. The van der Waals surface area contributed by atoms with Crippen molar-refractivity contribution in [3.05, 3.63) is 59.7 Å². The second kappa shape index (κ2) is 8.86. The molecule has 1 amide bonds.